The first-order valence-corrected chi connectivity index (χ1v) is 7.29. The van der Waals surface area contributed by atoms with Gasteiger partial charge in [-0.15, -0.1) is 0 Å². The third-order valence-corrected chi connectivity index (χ3v) is 3.65. The fourth-order valence-electron chi connectivity index (χ4n) is 2.44. The summed E-state index contributed by atoms with van der Waals surface area (Å²) in [7, 11) is 0. The Labute approximate surface area is 124 Å². The van der Waals surface area contributed by atoms with Crippen LogP contribution >= 0.6 is 0 Å². The molecule has 0 aliphatic rings. The molecule has 3 nitrogen and oxygen atoms in total. The highest BCUT2D eigenvalue weighted by molar-refractivity contribution is 5.82. The second kappa shape index (κ2) is 5.80. The molecular weight excluding hydrogens is 258 g/mol. The molecule has 0 saturated carbocycles. The van der Waals surface area contributed by atoms with Crippen molar-refractivity contribution in [1.82, 2.24) is 9.97 Å². The van der Waals surface area contributed by atoms with E-state index in [1.54, 1.807) is 0 Å². The van der Waals surface area contributed by atoms with Gasteiger partial charge in [-0.1, -0.05) is 31.5 Å². The van der Waals surface area contributed by atoms with Crippen LogP contribution in [0, 0.1) is 11.3 Å². The second-order valence-corrected chi connectivity index (χ2v) is 5.21. The normalized spacial score (nSPS) is 10.7. The van der Waals surface area contributed by atoms with Gasteiger partial charge in [-0.25, -0.2) is 4.98 Å². The maximum absolute atomic E-state index is 8.85. The second-order valence-electron chi connectivity index (χ2n) is 5.21. The third kappa shape index (κ3) is 2.80. The summed E-state index contributed by atoms with van der Waals surface area (Å²) in [5.74, 6) is 1.06. The number of aromatic nitrogens is 2. The summed E-state index contributed by atoms with van der Waals surface area (Å²) in [6.45, 7) is 2.19. The van der Waals surface area contributed by atoms with E-state index >= 15 is 0 Å². The number of hydrogen-bond acceptors (Lipinski definition) is 2. The molecule has 3 aromatic rings. The largest absolute Gasteiger partial charge is 0.342 e. The molecule has 0 bridgehead atoms. The summed E-state index contributed by atoms with van der Waals surface area (Å²) in [4.78, 5) is 8.01. The van der Waals surface area contributed by atoms with Crippen molar-refractivity contribution in [3.8, 4) is 17.2 Å². The molecule has 0 radical (unpaired) electrons. The monoisotopic (exact) mass is 275 g/mol. The lowest BCUT2D eigenvalue weighted by atomic mass is 10.0. The molecule has 1 heterocycles. The molecule has 1 aromatic heterocycles. The number of aromatic amines is 1. The van der Waals surface area contributed by atoms with E-state index in [4.69, 9.17) is 5.26 Å². The number of imidazole rings is 1. The van der Waals surface area contributed by atoms with Crippen molar-refractivity contribution >= 4 is 11.0 Å². The van der Waals surface area contributed by atoms with E-state index in [0.717, 1.165) is 40.8 Å². The highest BCUT2D eigenvalue weighted by Crippen LogP contribution is 2.24. The Morgan fingerprint density at radius 2 is 1.86 bits per heavy atom. The molecule has 0 unspecified atom stereocenters. The van der Waals surface area contributed by atoms with E-state index in [2.05, 4.69) is 41.2 Å². The summed E-state index contributed by atoms with van der Waals surface area (Å²) in [5, 5.41) is 8.85. The van der Waals surface area contributed by atoms with Gasteiger partial charge in [0.15, 0.2) is 0 Å². The Hall–Kier alpha value is -2.60. The van der Waals surface area contributed by atoms with Crippen LogP contribution in [0.2, 0.25) is 0 Å². The van der Waals surface area contributed by atoms with Gasteiger partial charge in [0.1, 0.15) is 5.82 Å². The van der Waals surface area contributed by atoms with Crippen LogP contribution in [0.25, 0.3) is 22.2 Å². The third-order valence-electron chi connectivity index (χ3n) is 3.65. The van der Waals surface area contributed by atoms with Crippen LogP contribution in [-0.4, -0.2) is 9.97 Å². The minimum Gasteiger partial charge on any atom is -0.342 e. The number of rotatable bonds is 4. The Balaban J connectivity index is 1.94. The van der Waals surface area contributed by atoms with Gasteiger partial charge in [0.05, 0.1) is 22.7 Å². The summed E-state index contributed by atoms with van der Waals surface area (Å²) >= 11 is 0. The summed E-state index contributed by atoms with van der Waals surface area (Å²) < 4.78 is 0. The van der Waals surface area contributed by atoms with E-state index < -0.39 is 0 Å². The van der Waals surface area contributed by atoms with E-state index in [1.165, 1.54) is 6.42 Å². The van der Waals surface area contributed by atoms with Gasteiger partial charge in [0, 0.05) is 6.42 Å². The van der Waals surface area contributed by atoms with Gasteiger partial charge in [0.2, 0.25) is 0 Å². The molecule has 0 fully saturated rings. The minimum absolute atomic E-state index is 0.684. The number of unbranched alkanes of at least 4 members (excludes halogenated alkanes) is 1. The zero-order chi connectivity index (χ0) is 14.7. The molecule has 104 valence electrons. The lowest BCUT2D eigenvalue weighted by Gasteiger charge is -2.01. The Morgan fingerprint density at radius 1 is 1.10 bits per heavy atom. The molecule has 3 rings (SSSR count). The molecule has 2 aromatic carbocycles. The first-order valence-electron chi connectivity index (χ1n) is 7.29. The van der Waals surface area contributed by atoms with Crippen molar-refractivity contribution < 1.29 is 0 Å². The number of benzene rings is 2. The number of nitrogens with one attached hydrogen (secondary N) is 1. The minimum atomic E-state index is 0.684. The van der Waals surface area contributed by atoms with Gasteiger partial charge < -0.3 is 4.98 Å². The van der Waals surface area contributed by atoms with E-state index in [9.17, 15) is 0 Å². The molecule has 1 N–H and O–H groups in total. The Bertz CT molecular complexity index is 791. The van der Waals surface area contributed by atoms with Gasteiger partial charge >= 0.3 is 0 Å². The predicted octanol–water partition coefficient (Wildman–Crippen LogP) is 4.44. The predicted molar refractivity (Wildman–Crippen MR) is 84.9 cm³/mol. The first-order chi connectivity index (χ1) is 10.3. The average Bonchev–Trinajstić information content (AvgIpc) is 2.95. The quantitative estimate of drug-likeness (QED) is 0.765. The number of nitrogens with zero attached hydrogens (tertiary/aromatic N) is 2. The zero-order valence-electron chi connectivity index (χ0n) is 12.1. The van der Waals surface area contributed by atoms with E-state index in [0.29, 0.717) is 5.56 Å². The van der Waals surface area contributed by atoms with Crippen LogP contribution in [0.5, 0.6) is 0 Å². The van der Waals surface area contributed by atoms with Gasteiger partial charge in [-0.2, -0.15) is 5.26 Å². The SMILES string of the molecule is CCCCc1nc2ccc(-c3ccc(C#N)cc3)cc2[nH]1. The van der Waals surface area contributed by atoms with Gasteiger partial charge in [-0.3, -0.25) is 0 Å². The highest BCUT2D eigenvalue weighted by atomic mass is 14.9. The Morgan fingerprint density at radius 3 is 2.57 bits per heavy atom. The standard InChI is InChI=1S/C18H17N3/c1-2-3-4-18-20-16-10-9-15(11-17(16)21-18)14-7-5-13(12-19)6-8-14/h5-11H,2-4H2,1H3,(H,20,21). The molecule has 3 heteroatoms. The van der Waals surface area contributed by atoms with Crippen LogP contribution in [0.15, 0.2) is 42.5 Å². The summed E-state index contributed by atoms with van der Waals surface area (Å²) in [6, 6.07) is 16.0. The van der Waals surface area contributed by atoms with Crippen LogP contribution in [0.1, 0.15) is 31.2 Å². The number of H-pyrrole nitrogens is 1. The molecular formula is C18H17N3. The molecule has 0 spiro atoms. The van der Waals surface area contributed by atoms with Crippen molar-refractivity contribution in [1.29, 1.82) is 5.26 Å². The van der Waals surface area contributed by atoms with Gasteiger partial charge in [-0.05, 0) is 41.8 Å². The molecule has 0 aliphatic heterocycles. The smallest absolute Gasteiger partial charge is 0.107 e. The number of hydrogen-bond donors (Lipinski definition) is 1. The summed E-state index contributed by atoms with van der Waals surface area (Å²) in [6.07, 6.45) is 3.33. The molecule has 0 atom stereocenters. The van der Waals surface area contributed by atoms with Crippen LogP contribution in [0.4, 0.5) is 0 Å². The molecule has 0 amide bonds. The van der Waals surface area contributed by atoms with Crippen molar-refractivity contribution in [3.05, 3.63) is 53.9 Å². The lowest BCUT2D eigenvalue weighted by Crippen LogP contribution is -1.86. The Kier molecular flexibility index (Phi) is 3.70. The van der Waals surface area contributed by atoms with E-state index in [1.807, 2.05) is 24.3 Å². The molecule has 21 heavy (non-hydrogen) atoms. The highest BCUT2D eigenvalue weighted by Gasteiger charge is 2.05. The summed E-state index contributed by atoms with van der Waals surface area (Å²) in [5.41, 5.74) is 5.02. The van der Waals surface area contributed by atoms with E-state index in [-0.39, 0.29) is 0 Å². The van der Waals surface area contributed by atoms with Crippen molar-refractivity contribution in [3.63, 3.8) is 0 Å². The number of aryl methyl sites for hydroxylation is 1. The maximum atomic E-state index is 8.85. The van der Waals surface area contributed by atoms with Crippen molar-refractivity contribution in [2.75, 3.05) is 0 Å². The van der Waals surface area contributed by atoms with Crippen LogP contribution < -0.4 is 0 Å². The number of nitriles is 1. The van der Waals surface area contributed by atoms with Crippen molar-refractivity contribution in [2.45, 2.75) is 26.2 Å². The maximum Gasteiger partial charge on any atom is 0.107 e. The lowest BCUT2D eigenvalue weighted by molar-refractivity contribution is 0.765. The fourth-order valence-corrected chi connectivity index (χ4v) is 2.44. The molecule has 0 aliphatic carbocycles. The first kappa shape index (κ1) is 13.4. The van der Waals surface area contributed by atoms with Crippen LogP contribution in [-0.2, 0) is 6.42 Å². The van der Waals surface area contributed by atoms with Crippen molar-refractivity contribution in [2.24, 2.45) is 0 Å². The average molecular weight is 275 g/mol. The molecule has 0 saturated heterocycles. The zero-order valence-corrected chi connectivity index (χ0v) is 12.1. The van der Waals surface area contributed by atoms with Crippen LogP contribution in [0.3, 0.4) is 0 Å². The fraction of sp³-hybridized carbons (Fsp3) is 0.222. The topological polar surface area (TPSA) is 52.5 Å². The van der Waals surface area contributed by atoms with Gasteiger partial charge in [0.25, 0.3) is 0 Å². The number of fused-ring (bicyclic) bond motifs is 1.